The van der Waals surface area contributed by atoms with Crippen molar-refractivity contribution in [2.45, 2.75) is 32.2 Å². The smallest absolute Gasteiger partial charge is 0.172 e. The molecular weight excluding hydrogens is 358 g/mol. The van der Waals surface area contributed by atoms with Gasteiger partial charge < -0.3 is 16.4 Å². The van der Waals surface area contributed by atoms with Gasteiger partial charge in [-0.3, -0.25) is 14.8 Å². The molecule has 4 heterocycles. The Bertz CT molecular complexity index is 999. The van der Waals surface area contributed by atoms with Crippen LogP contribution in [0.3, 0.4) is 0 Å². The molecule has 6 nitrogen and oxygen atoms in total. The molecule has 1 atom stereocenters. The van der Waals surface area contributed by atoms with E-state index >= 15 is 0 Å². The Balaban J connectivity index is 1.66. The molecule has 1 aliphatic rings. The first-order valence-electron chi connectivity index (χ1n) is 9.15. The minimum absolute atomic E-state index is 0.0209. The molecule has 140 valence electrons. The standard InChI is InChI=1S/C20H23N5OS/c1-12-4-5-17-19(24-12)18(20(22)27-17)16(26)9-13-10-23-7-6-15(13)25-8-2-3-14(21)11-25/h4-7,10,14H,2-3,8-9,11,21-22H2,1H3/t14-/m0/s1. The maximum atomic E-state index is 13.1. The van der Waals surface area contributed by atoms with Crippen molar-refractivity contribution in [1.29, 1.82) is 0 Å². The van der Waals surface area contributed by atoms with Gasteiger partial charge in [-0.15, -0.1) is 11.3 Å². The van der Waals surface area contributed by atoms with Crippen molar-refractivity contribution in [3.63, 3.8) is 0 Å². The number of aromatic nitrogens is 2. The van der Waals surface area contributed by atoms with Crippen LogP contribution in [0, 0.1) is 6.92 Å². The fourth-order valence-corrected chi connectivity index (χ4v) is 4.65. The summed E-state index contributed by atoms with van der Waals surface area (Å²) in [5.41, 5.74) is 16.4. The Hall–Kier alpha value is -2.51. The van der Waals surface area contributed by atoms with Crippen LogP contribution in [0.25, 0.3) is 10.2 Å². The highest BCUT2D eigenvalue weighted by molar-refractivity contribution is 7.23. The van der Waals surface area contributed by atoms with Gasteiger partial charge in [-0.2, -0.15) is 0 Å². The summed E-state index contributed by atoms with van der Waals surface area (Å²) in [6.45, 7) is 3.67. The minimum atomic E-state index is -0.0209. The Morgan fingerprint density at radius 2 is 2.22 bits per heavy atom. The van der Waals surface area contributed by atoms with Crippen molar-refractivity contribution in [3.05, 3.63) is 47.4 Å². The zero-order valence-electron chi connectivity index (χ0n) is 15.3. The third kappa shape index (κ3) is 3.52. The third-order valence-corrected chi connectivity index (χ3v) is 5.98. The van der Waals surface area contributed by atoms with E-state index in [4.69, 9.17) is 11.5 Å². The van der Waals surface area contributed by atoms with Gasteiger partial charge in [-0.1, -0.05) is 0 Å². The molecule has 7 heteroatoms. The Kier molecular flexibility index (Phi) is 4.80. The molecule has 0 saturated carbocycles. The Morgan fingerprint density at radius 3 is 3.04 bits per heavy atom. The average molecular weight is 382 g/mol. The average Bonchev–Trinajstić information content (AvgIpc) is 2.97. The molecule has 0 amide bonds. The number of rotatable bonds is 4. The maximum Gasteiger partial charge on any atom is 0.172 e. The van der Waals surface area contributed by atoms with Gasteiger partial charge in [0.15, 0.2) is 5.78 Å². The van der Waals surface area contributed by atoms with Crippen LogP contribution >= 0.6 is 11.3 Å². The van der Waals surface area contributed by atoms with Crippen molar-refractivity contribution in [2.24, 2.45) is 5.73 Å². The van der Waals surface area contributed by atoms with Crippen LogP contribution in [0.5, 0.6) is 0 Å². The van der Waals surface area contributed by atoms with Gasteiger partial charge in [0, 0.05) is 54.9 Å². The number of nitrogens with zero attached hydrogens (tertiary/aromatic N) is 3. The van der Waals surface area contributed by atoms with Crippen LogP contribution in [0.1, 0.15) is 34.5 Å². The van der Waals surface area contributed by atoms with Crippen molar-refractivity contribution in [3.8, 4) is 0 Å². The number of carbonyl (C=O) groups is 1. The van der Waals surface area contributed by atoms with Gasteiger partial charge in [-0.05, 0) is 38.0 Å². The van der Waals surface area contributed by atoms with E-state index in [1.165, 1.54) is 11.3 Å². The van der Waals surface area contributed by atoms with Crippen LogP contribution in [0.15, 0.2) is 30.6 Å². The van der Waals surface area contributed by atoms with Crippen molar-refractivity contribution in [2.75, 3.05) is 23.7 Å². The first-order valence-corrected chi connectivity index (χ1v) is 9.97. The molecule has 0 spiro atoms. The van der Waals surface area contributed by atoms with Crippen LogP contribution in [0.2, 0.25) is 0 Å². The summed E-state index contributed by atoms with van der Waals surface area (Å²) in [7, 11) is 0. The van der Waals surface area contributed by atoms with Gasteiger partial charge in [0.1, 0.15) is 0 Å². The van der Waals surface area contributed by atoms with Crippen molar-refractivity contribution < 1.29 is 4.79 Å². The number of carbonyl (C=O) groups excluding carboxylic acids is 1. The molecule has 3 aromatic rings. The molecule has 0 aliphatic carbocycles. The summed E-state index contributed by atoms with van der Waals surface area (Å²) >= 11 is 1.41. The lowest BCUT2D eigenvalue weighted by atomic mass is 10.0. The van der Waals surface area contributed by atoms with Crippen LogP contribution in [-0.4, -0.2) is 34.9 Å². The molecule has 0 radical (unpaired) electrons. The molecule has 3 aromatic heterocycles. The number of piperidine rings is 1. The quantitative estimate of drug-likeness (QED) is 0.674. The van der Waals surface area contributed by atoms with Gasteiger partial charge in [0.2, 0.25) is 0 Å². The predicted molar refractivity (Wildman–Crippen MR) is 110 cm³/mol. The largest absolute Gasteiger partial charge is 0.390 e. The number of pyridine rings is 2. The number of anilines is 2. The second kappa shape index (κ2) is 7.25. The van der Waals surface area contributed by atoms with Gasteiger partial charge in [-0.25, -0.2) is 0 Å². The van der Waals surface area contributed by atoms with Crippen LogP contribution in [-0.2, 0) is 6.42 Å². The predicted octanol–water partition coefficient (Wildman–Crippen LogP) is 2.93. The second-order valence-corrected chi connectivity index (χ2v) is 8.18. The number of aryl methyl sites for hydroxylation is 1. The summed E-state index contributed by atoms with van der Waals surface area (Å²) < 4.78 is 0.940. The summed E-state index contributed by atoms with van der Waals surface area (Å²) in [5, 5.41) is 0.526. The molecule has 4 rings (SSSR count). The fourth-order valence-electron chi connectivity index (χ4n) is 3.72. The highest BCUT2D eigenvalue weighted by atomic mass is 32.1. The third-order valence-electron chi connectivity index (χ3n) is 5.01. The number of Topliss-reactive ketones (excluding diaryl/α,β-unsaturated/α-hetero) is 1. The number of fused-ring (bicyclic) bond motifs is 1. The van der Waals surface area contributed by atoms with E-state index in [0.717, 1.165) is 47.6 Å². The van der Waals surface area contributed by atoms with E-state index in [9.17, 15) is 4.79 Å². The number of hydrogen-bond acceptors (Lipinski definition) is 7. The van der Waals surface area contributed by atoms with E-state index in [0.29, 0.717) is 16.1 Å². The van der Waals surface area contributed by atoms with Crippen molar-refractivity contribution >= 4 is 38.0 Å². The van der Waals surface area contributed by atoms with Crippen LogP contribution in [0.4, 0.5) is 10.7 Å². The molecular formula is C20H23N5OS. The van der Waals surface area contributed by atoms with E-state index in [2.05, 4.69) is 14.9 Å². The SMILES string of the molecule is Cc1ccc2sc(N)c(C(=O)Cc3cnccc3N3CCC[C@H](N)C3)c2n1. The van der Waals surface area contributed by atoms with Crippen molar-refractivity contribution in [1.82, 2.24) is 9.97 Å². The first kappa shape index (κ1) is 17.9. The highest BCUT2D eigenvalue weighted by Gasteiger charge is 2.23. The zero-order chi connectivity index (χ0) is 19.0. The summed E-state index contributed by atoms with van der Waals surface area (Å²) in [5.74, 6) is -0.0209. The first-order chi connectivity index (χ1) is 13.0. The lowest BCUT2D eigenvalue weighted by Crippen LogP contribution is -2.43. The monoisotopic (exact) mass is 381 g/mol. The second-order valence-electron chi connectivity index (χ2n) is 7.09. The number of hydrogen-bond donors (Lipinski definition) is 2. The van der Waals surface area contributed by atoms with Crippen LogP contribution < -0.4 is 16.4 Å². The molecule has 1 fully saturated rings. The van der Waals surface area contributed by atoms with Gasteiger partial charge >= 0.3 is 0 Å². The Labute approximate surface area is 162 Å². The number of nitrogen functional groups attached to an aromatic ring is 1. The van der Waals surface area contributed by atoms with Gasteiger partial charge in [0.25, 0.3) is 0 Å². The Morgan fingerprint density at radius 1 is 1.37 bits per heavy atom. The number of ketones is 1. The van der Waals surface area contributed by atoms with Gasteiger partial charge in [0.05, 0.1) is 20.8 Å². The van der Waals surface area contributed by atoms with E-state index in [1.54, 1.807) is 12.4 Å². The minimum Gasteiger partial charge on any atom is -0.390 e. The van der Waals surface area contributed by atoms with E-state index in [1.807, 2.05) is 25.1 Å². The molecule has 0 unspecified atom stereocenters. The maximum absolute atomic E-state index is 13.1. The summed E-state index contributed by atoms with van der Waals surface area (Å²) in [4.78, 5) is 24.2. The molecule has 1 aliphatic heterocycles. The summed E-state index contributed by atoms with van der Waals surface area (Å²) in [6.07, 6.45) is 5.89. The number of thiophene rings is 1. The lowest BCUT2D eigenvalue weighted by molar-refractivity contribution is 0.0995. The highest BCUT2D eigenvalue weighted by Crippen LogP contribution is 2.34. The summed E-state index contributed by atoms with van der Waals surface area (Å²) in [6, 6.07) is 6.04. The molecule has 0 bridgehead atoms. The molecule has 0 aromatic carbocycles. The zero-order valence-corrected chi connectivity index (χ0v) is 16.1. The molecule has 27 heavy (non-hydrogen) atoms. The normalized spacial score (nSPS) is 17.4. The number of nitrogens with two attached hydrogens (primary N) is 2. The fraction of sp³-hybridized carbons (Fsp3) is 0.350. The molecule has 4 N–H and O–H groups in total. The van der Waals surface area contributed by atoms with E-state index in [-0.39, 0.29) is 18.2 Å². The van der Waals surface area contributed by atoms with E-state index < -0.39 is 0 Å². The topological polar surface area (TPSA) is 98.1 Å². The lowest BCUT2D eigenvalue weighted by Gasteiger charge is -2.33. The molecule has 1 saturated heterocycles.